The third kappa shape index (κ3) is 7.67. The molecule has 2 amide bonds. The van der Waals surface area contributed by atoms with E-state index in [4.69, 9.17) is 22.1 Å². The van der Waals surface area contributed by atoms with E-state index in [9.17, 15) is 9.59 Å². The van der Waals surface area contributed by atoms with Gasteiger partial charge in [0, 0.05) is 10.8 Å². The zero-order valence-corrected chi connectivity index (χ0v) is 16.2. The molecule has 1 aliphatic rings. The van der Waals surface area contributed by atoms with Gasteiger partial charge < -0.3 is 15.8 Å². The van der Waals surface area contributed by atoms with Crippen molar-refractivity contribution in [1.82, 2.24) is 5.32 Å². The molecule has 1 aliphatic heterocycles. The molecule has 0 saturated heterocycles. The van der Waals surface area contributed by atoms with Crippen molar-refractivity contribution in [3.63, 3.8) is 0 Å². The monoisotopic (exact) mass is 382 g/mol. The van der Waals surface area contributed by atoms with Crippen LogP contribution in [0.25, 0.3) is 0 Å². The van der Waals surface area contributed by atoms with Crippen LogP contribution < -0.4 is 15.8 Å². The van der Waals surface area contributed by atoms with Crippen LogP contribution in [0.4, 0.5) is 0 Å². The van der Waals surface area contributed by atoms with Gasteiger partial charge in [-0.05, 0) is 37.3 Å². The van der Waals surface area contributed by atoms with Gasteiger partial charge in [-0.3, -0.25) is 9.59 Å². The van der Waals surface area contributed by atoms with Gasteiger partial charge in [-0.2, -0.15) is 0 Å². The standard InChI is InChI=1S/C15H15ClN2O3S.C3H8/c1-9-6-12(14(17)20)15(22-8-9)18-13(19)7-21-11-4-2-10(16)3-5-11;1-3-2/h2-6H,7-8H2,1H3,(H2,17,20)(H,18,19);3H2,1-2H3. The van der Waals surface area contributed by atoms with Gasteiger partial charge in [0.25, 0.3) is 11.8 Å². The molecule has 136 valence electrons. The summed E-state index contributed by atoms with van der Waals surface area (Å²) in [6, 6.07) is 6.69. The van der Waals surface area contributed by atoms with Crippen LogP contribution in [0.1, 0.15) is 27.2 Å². The second kappa shape index (κ2) is 10.8. The fourth-order valence-electron chi connectivity index (χ4n) is 1.75. The molecule has 3 N–H and O–H groups in total. The fraction of sp³-hybridized carbons (Fsp3) is 0.333. The number of ether oxygens (including phenoxy) is 1. The molecule has 25 heavy (non-hydrogen) atoms. The van der Waals surface area contributed by atoms with E-state index in [0.717, 1.165) is 5.57 Å². The minimum atomic E-state index is -0.569. The number of rotatable bonds is 5. The van der Waals surface area contributed by atoms with E-state index in [2.05, 4.69) is 19.2 Å². The molecule has 0 bridgehead atoms. The summed E-state index contributed by atoms with van der Waals surface area (Å²) in [5, 5.41) is 3.71. The van der Waals surface area contributed by atoms with Crippen molar-refractivity contribution in [2.75, 3.05) is 12.4 Å². The van der Waals surface area contributed by atoms with E-state index in [0.29, 0.717) is 27.1 Å². The Morgan fingerprint density at radius 2 is 1.88 bits per heavy atom. The minimum Gasteiger partial charge on any atom is -0.484 e. The maximum Gasteiger partial charge on any atom is 0.262 e. The van der Waals surface area contributed by atoms with Crippen molar-refractivity contribution in [2.24, 2.45) is 5.73 Å². The lowest BCUT2D eigenvalue weighted by Gasteiger charge is -2.17. The SMILES string of the molecule is CC1=CC(C(N)=O)=C(NC(=O)COc2ccc(Cl)cc2)SC1.CCC. The quantitative estimate of drug-likeness (QED) is 0.814. The highest BCUT2D eigenvalue weighted by molar-refractivity contribution is 8.03. The third-order valence-corrected chi connectivity index (χ3v) is 4.24. The van der Waals surface area contributed by atoms with E-state index >= 15 is 0 Å². The first-order valence-electron chi connectivity index (χ1n) is 7.89. The second-order valence-electron chi connectivity index (χ2n) is 5.38. The highest BCUT2D eigenvalue weighted by Gasteiger charge is 2.18. The molecule has 0 aromatic heterocycles. The van der Waals surface area contributed by atoms with E-state index in [1.54, 1.807) is 30.3 Å². The predicted molar refractivity (Wildman–Crippen MR) is 103 cm³/mol. The number of carbonyl (C=O) groups excluding carboxylic acids is 2. The van der Waals surface area contributed by atoms with Crippen molar-refractivity contribution in [3.8, 4) is 5.75 Å². The van der Waals surface area contributed by atoms with Crippen molar-refractivity contribution in [2.45, 2.75) is 27.2 Å². The van der Waals surface area contributed by atoms with Crippen LogP contribution in [0.15, 0.2) is 46.5 Å². The van der Waals surface area contributed by atoms with Crippen LogP contribution in [0.2, 0.25) is 5.02 Å². The van der Waals surface area contributed by atoms with Gasteiger partial charge in [0.2, 0.25) is 0 Å². The van der Waals surface area contributed by atoms with Crippen molar-refractivity contribution in [1.29, 1.82) is 0 Å². The lowest BCUT2D eigenvalue weighted by atomic mass is 10.2. The smallest absolute Gasteiger partial charge is 0.262 e. The third-order valence-electron chi connectivity index (χ3n) is 2.78. The Hall–Kier alpha value is -1.92. The summed E-state index contributed by atoms with van der Waals surface area (Å²) in [6.07, 6.45) is 2.94. The summed E-state index contributed by atoms with van der Waals surface area (Å²) in [5.41, 5.74) is 6.66. The maximum atomic E-state index is 11.9. The molecule has 0 spiro atoms. The normalized spacial score (nSPS) is 13.4. The highest BCUT2D eigenvalue weighted by atomic mass is 35.5. The molecule has 0 saturated carbocycles. The number of carbonyl (C=O) groups is 2. The number of benzene rings is 1. The van der Waals surface area contributed by atoms with Crippen LogP contribution in [-0.4, -0.2) is 24.2 Å². The number of primary amides is 1. The van der Waals surface area contributed by atoms with Crippen LogP contribution >= 0.6 is 23.4 Å². The summed E-state index contributed by atoms with van der Waals surface area (Å²) in [7, 11) is 0. The number of hydrogen-bond acceptors (Lipinski definition) is 4. The van der Waals surface area contributed by atoms with Gasteiger partial charge in [-0.25, -0.2) is 0 Å². The van der Waals surface area contributed by atoms with Gasteiger partial charge in [0.05, 0.1) is 10.6 Å². The largest absolute Gasteiger partial charge is 0.484 e. The first-order chi connectivity index (χ1) is 11.9. The van der Waals surface area contributed by atoms with Gasteiger partial charge in [0.15, 0.2) is 6.61 Å². The summed E-state index contributed by atoms with van der Waals surface area (Å²) >= 11 is 7.13. The molecule has 0 aliphatic carbocycles. The fourth-order valence-corrected chi connectivity index (χ4v) is 2.83. The van der Waals surface area contributed by atoms with E-state index in [-0.39, 0.29) is 12.5 Å². The van der Waals surface area contributed by atoms with Crippen molar-refractivity contribution in [3.05, 3.63) is 51.5 Å². The molecular weight excluding hydrogens is 360 g/mol. The van der Waals surface area contributed by atoms with Gasteiger partial charge >= 0.3 is 0 Å². The summed E-state index contributed by atoms with van der Waals surface area (Å²) in [5.74, 6) is 0.310. The number of thioether (sulfide) groups is 1. The lowest BCUT2D eigenvalue weighted by Crippen LogP contribution is -2.31. The Morgan fingerprint density at radius 1 is 1.28 bits per heavy atom. The molecule has 2 rings (SSSR count). The van der Waals surface area contributed by atoms with E-state index in [1.165, 1.54) is 18.2 Å². The second-order valence-corrected chi connectivity index (χ2v) is 6.81. The number of halogens is 1. The van der Waals surface area contributed by atoms with Crippen molar-refractivity contribution < 1.29 is 14.3 Å². The number of nitrogens with one attached hydrogen (secondary N) is 1. The average molecular weight is 383 g/mol. The Labute approximate surface area is 157 Å². The number of hydrogen-bond donors (Lipinski definition) is 2. The van der Waals surface area contributed by atoms with Gasteiger partial charge in [-0.1, -0.05) is 37.4 Å². The van der Waals surface area contributed by atoms with Gasteiger partial charge in [0.1, 0.15) is 5.75 Å². The summed E-state index contributed by atoms with van der Waals surface area (Å²) < 4.78 is 5.35. The first kappa shape index (κ1) is 21.1. The highest BCUT2D eigenvalue weighted by Crippen LogP contribution is 2.26. The Balaban J connectivity index is 0.000000970. The zero-order chi connectivity index (χ0) is 18.8. The number of amides is 2. The average Bonchev–Trinajstić information content (AvgIpc) is 2.56. The first-order valence-corrected chi connectivity index (χ1v) is 9.26. The molecule has 1 heterocycles. The van der Waals surface area contributed by atoms with E-state index < -0.39 is 5.91 Å². The molecule has 5 nitrogen and oxygen atoms in total. The molecule has 1 aromatic rings. The molecule has 0 fully saturated rings. The maximum absolute atomic E-state index is 11.9. The molecule has 7 heteroatoms. The van der Waals surface area contributed by atoms with Gasteiger partial charge in [-0.15, -0.1) is 11.8 Å². The Morgan fingerprint density at radius 3 is 2.44 bits per heavy atom. The Bertz CT molecular complexity index is 669. The van der Waals surface area contributed by atoms with E-state index in [1.807, 2.05) is 6.92 Å². The van der Waals surface area contributed by atoms with Crippen molar-refractivity contribution >= 4 is 35.2 Å². The molecular formula is C18H23ClN2O3S. The predicted octanol–water partition coefficient (Wildman–Crippen LogP) is 3.64. The lowest BCUT2D eigenvalue weighted by molar-refractivity contribution is -0.122. The molecule has 0 radical (unpaired) electrons. The zero-order valence-electron chi connectivity index (χ0n) is 14.6. The van der Waals surface area contributed by atoms with Crippen LogP contribution in [0, 0.1) is 0 Å². The van der Waals surface area contributed by atoms with Crippen LogP contribution in [0.5, 0.6) is 5.75 Å². The van der Waals surface area contributed by atoms with Crippen LogP contribution in [0.3, 0.4) is 0 Å². The topological polar surface area (TPSA) is 81.4 Å². The number of nitrogens with two attached hydrogens (primary N) is 1. The summed E-state index contributed by atoms with van der Waals surface area (Å²) in [4.78, 5) is 23.3. The summed E-state index contributed by atoms with van der Waals surface area (Å²) in [6.45, 7) is 5.98. The molecule has 0 unspecified atom stereocenters. The molecule has 0 atom stereocenters. The minimum absolute atomic E-state index is 0.166. The van der Waals surface area contributed by atoms with Crippen LogP contribution in [-0.2, 0) is 9.59 Å². The molecule has 1 aromatic carbocycles. The Kier molecular flexibility index (Phi) is 9.16.